The van der Waals surface area contributed by atoms with Gasteiger partial charge in [0.05, 0.1) is 5.56 Å². The third kappa shape index (κ3) is 4.04. The molecule has 1 heterocycles. The number of nitrogens with one attached hydrogen (secondary N) is 2. The zero-order valence-corrected chi connectivity index (χ0v) is 14.6. The van der Waals surface area contributed by atoms with Crippen LogP contribution in [-0.4, -0.2) is 37.2 Å². The number of halogens is 1. The molecule has 2 N–H and O–H groups in total. The van der Waals surface area contributed by atoms with Gasteiger partial charge in [0.1, 0.15) is 5.82 Å². The molecule has 3 aliphatic rings. The van der Waals surface area contributed by atoms with E-state index in [1.165, 1.54) is 6.07 Å². The Morgan fingerprint density at radius 1 is 1.08 bits per heavy atom. The van der Waals surface area contributed by atoms with Crippen LogP contribution in [0.2, 0.25) is 0 Å². The molecule has 1 aliphatic heterocycles. The van der Waals surface area contributed by atoms with Crippen molar-refractivity contribution in [1.82, 2.24) is 10.6 Å². The Balaban J connectivity index is 1.38. The lowest BCUT2D eigenvalue weighted by Gasteiger charge is -2.23. The van der Waals surface area contributed by atoms with Crippen LogP contribution in [0.25, 0.3) is 0 Å². The lowest BCUT2D eigenvalue weighted by atomic mass is 10.0. The summed E-state index contributed by atoms with van der Waals surface area (Å²) in [5, 5.41) is 6.68. The van der Waals surface area contributed by atoms with Crippen LogP contribution < -0.4 is 10.6 Å². The summed E-state index contributed by atoms with van der Waals surface area (Å²) >= 11 is 0. The molecule has 1 aromatic carbocycles. The smallest absolute Gasteiger partial charge is 0.254 e. The molecular formula is C20H27FN2O2. The maximum Gasteiger partial charge on any atom is 0.254 e. The molecule has 25 heavy (non-hydrogen) atoms. The summed E-state index contributed by atoms with van der Waals surface area (Å²) in [5.74, 6) is -0.295. The van der Waals surface area contributed by atoms with Gasteiger partial charge in [0.2, 0.25) is 0 Å². The first-order valence-electron chi connectivity index (χ1n) is 9.65. The molecular weight excluding hydrogens is 319 g/mol. The molecule has 0 unspecified atom stereocenters. The summed E-state index contributed by atoms with van der Waals surface area (Å²) in [6, 6.07) is 6.21. The number of carbonyl (C=O) groups is 1. The zero-order valence-electron chi connectivity index (χ0n) is 14.6. The fraction of sp³-hybridized carbons (Fsp3) is 0.650. The number of carbonyl (C=O) groups excluding carboxylic acids is 1. The van der Waals surface area contributed by atoms with Crippen molar-refractivity contribution < 1.29 is 13.9 Å². The van der Waals surface area contributed by atoms with Crippen molar-refractivity contribution in [2.24, 2.45) is 0 Å². The number of hydrogen-bond donors (Lipinski definition) is 2. The molecule has 0 bridgehead atoms. The second-order valence-corrected chi connectivity index (χ2v) is 7.70. The standard InChI is InChI=1S/C20H27FN2O2/c21-18-6-5-13(11-17(18)20(24)23-14-3-1-2-4-14)16-12-19(16)22-15-7-9-25-10-8-15/h5-6,11,14-16,19,22H,1-4,7-10,12H2,(H,23,24)/t16-,19+/m0/s1. The molecule has 4 nitrogen and oxygen atoms in total. The summed E-state index contributed by atoms with van der Waals surface area (Å²) in [5.41, 5.74) is 1.27. The second-order valence-electron chi connectivity index (χ2n) is 7.70. The van der Waals surface area contributed by atoms with Crippen LogP contribution in [0.4, 0.5) is 4.39 Å². The third-order valence-electron chi connectivity index (χ3n) is 5.82. The highest BCUT2D eigenvalue weighted by molar-refractivity contribution is 5.95. The molecule has 0 aromatic heterocycles. The lowest BCUT2D eigenvalue weighted by Crippen LogP contribution is -2.36. The molecule has 1 aromatic rings. The van der Waals surface area contributed by atoms with E-state index in [4.69, 9.17) is 4.74 Å². The van der Waals surface area contributed by atoms with E-state index in [1.807, 2.05) is 6.07 Å². The predicted molar refractivity (Wildman–Crippen MR) is 94.2 cm³/mol. The van der Waals surface area contributed by atoms with Gasteiger partial charge >= 0.3 is 0 Å². The fourth-order valence-electron chi connectivity index (χ4n) is 4.20. The monoisotopic (exact) mass is 346 g/mol. The van der Waals surface area contributed by atoms with Gasteiger partial charge in [0, 0.05) is 37.3 Å². The van der Waals surface area contributed by atoms with Crippen LogP contribution >= 0.6 is 0 Å². The third-order valence-corrected chi connectivity index (χ3v) is 5.82. The van der Waals surface area contributed by atoms with E-state index in [0.29, 0.717) is 18.0 Å². The van der Waals surface area contributed by atoms with Crippen LogP contribution in [0.15, 0.2) is 18.2 Å². The van der Waals surface area contributed by atoms with Crippen molar-refractivity contribution in [3.8, 4) is 0 Å². The summed E-state index contributed by atoms with van der Waals surface area (Å²) < 4.78 is 19.6. The molecule has 4 rings (SSSR count). The maximum atomic E-state index is 14.2. The Bertz CT molecular complexity index is 624. The lowest BCUT2D eigenvalue weighted by molar-refractivity contribution is 0.0774. The number of benzene rings is 1. The molecule has 2 aliphatic carbocycles. The minimum absolute atomic E-state index is 0.195. The summed E-state index contributed by atoms with van der Waals surface area (Å²) in [7, 11) is 0. The first kappa shape index (κ1) is 17.0. The Morgan fingerprint density at radius 3 is 2.60 bits per heavy atom. The van der Waals surface area contributed by atoms with Crippen LogP contribution in [0.1, 0.15) is 66.8 Å². The highest BCUT2D eigenvalue weighted by Gasteiger charge is 2.40. The summed E-state index contributed by atoms with van der Waals surface area (Å²) in [6.07, 6.45) is 7.49. The Morgan fingerprint density at radius 2 is 1.84 bits per heavy atom. The van der Waals surface area contributed by atoms with Gasteiger partial charge < -0.3 is 15.4 Å². The van der Waals surface area contributed by atoms with Gasteiger partial charge in [0.25, 0.3) is 5.91 Å². The van der Waals surface area contributed by atoms with E-state index >= 15 is 0 Å². The quantitative estimate of drug-likeness (QED) is 0.861. The fourth-order valence-corrected chi connectivity index (χ4v) is 4.20. The van der Waals surface area contributed by atoms with Crippen molar-refractivity contribution >= 4 is 5.91 Å². The highest BCUT2D eigenvalue weighted by Crippen LogP contribution is 2.42. The molecule has 2 atom stereocenters. The topological polar surface area (TPSA) is 50.4 Å². The molecule has 1 saturated heterocycles. The highest BCUT2D eigenvalue weighted by atomic mass is 19.1. The first-order chi connectivity index (χ1) is 12.2. The molecule has 0 spiro atoms. The molecule has 0 radical (unpaired) electrons. The van der Waals surface area contributed by atoms with Gasteiger partial charge in [-0.3, -0.25) is 4.79 Å². The Labute approximate surface area is 148 Å². The minimum Gasteiger partial charge on any atom is -0.381 e. The average Bonchev–Trinajstić information content (AvgIpc) is 3.19. The number of rotatable bonds is 5. The Hall–Kier alpha value is -1.46. The van der Waals surface area contributed by atoms with Crippen molar-refractivity contribution in [3.63, 3.8) is 0 Å². The van der Waals surface area contributed by atoms with Gasteiger partial charge in [-0.15, -0.1) is 0 Å². The first-order valence-corrected chi connectivity index (χ1v) is 9.65. The Kier molecular flexibility index (Phi) is 5.04. The van der Waals surface area contributed by atoms with E-state index in [9.17, 15) is 9.18 Å². The van der Waals surface area contributed by atoms with Crippen LogP contribution in [0.5, 0.6) is 0 Å². The van der Waals surface area contributed by atoms with Crippen LogP contribution in [0, 0.1) is 5.82 Å². The average molecular weight is 346 g/mol. The van der Waals surface area contributed by atoms with E-state index in [0.717, 1.165) is 63.7 Å². The van der Waals surface area contributed by atoms with Gasteiger partial charge in [-0.05, 0) is 49.8 Å². The van der Waals surface area contributed by atoms with E-state index in [1.54, 1.807) is 6.07 Å². The van der Waals surface area contributed by atoms with Crippen LogP contribution in [0.3, 0.4) is 0 Å². The number of hydrogen-bond acceptors (Lipinski definition) is 3. The maximum absolute atomic E-state index is 14.2. The molecule has 5 heteroatoms. The molecule has 1 amide bonds. The van der Waals surface area contributed by atoms with Gasteiger partial charge in [0.15, 0.2) is 0 Å². The van der Waals surface area contributed by atoms with Gasteiger partial charge in [-0.2, -0.15) is 0 Å². The SMILES string of the molecule is O=C(NC1CCCC1)c1cc([C@@H]2C[C@H]2NC2CCOCC2)ccc1F. The van der Waals surface area contributed by atoms with Gasteiger partial charge in [-0.25, -0.2) is 4.39 Å². The van der Waals surface area contributed by atoms with Crippen molar-refractivity contribution in [3.05, 3.63) is 35.1 Å². The van der Waals surface area contributed by atoms with E-state index in [2.05, 4.69) is 10.6 Å². The van der Waals surface area contributed by atoms with Gasteiger partial charge in [-0.1, -0.05) is 18.9 Å². The zero-order chi connectivity index (χ0) is 17.2. The summed E-state index contributed by atoms with van der Waals surface area (Å²) in [4.78, 5) is 12.4. The van der Waals surface area contributed by atoms with Crippen molar-refractivity contribution in [1.29, 1.82) is 0 Å². The molecule has 2 saturated carbocycles. The number of amides is 1. The van der Waals surface area contributed by atoms with Crippen LogP contribution in [-0.2, 0) is 4.74 Å². The largest absolute Gasteiger partial charge is 0.381 e. The predicted octanol–water partition coefficient (Wildman–Crippen LogP) is 3.12. The second kappa shape index (κ2) is 7.42. The van der Waals surface area contributed by atoms with Crippen molar-refractivity contribution in [2.45, 2.75) is 69.0 Å². The van der Waals surface area contributed by atoms with E-state index in [-0.39, 0.29) is 17.5 Å². The van der Waals surface area contributed by atoms with E-state index < -0.39 is 5.82 Å². The normalized spacial score (nSPS) is 27.4. The molecule has 3 fully saturated rings. The number of ether oxygens (including phenoxy) is 1. The van der Waals surface area contributed by atoms with Crippen molar-refractivity contribution in [2.75, 3.05) is 13.2 Å². The summed E-state index contributed by atoms with van der Waals surface area (Å²) in [6.45, 7) is 1.66. The minimum atomic E-state index is -0.422. The molecule has 136 valence electrons.